The zero-order valence-electron chi connectivity index (χ0n) is 11.6. The van der Waals surface area contributed by atoms with Crippen molar-refractivity contribution in [3.63, 3.8) is 0 Å². The quantitative estimate of drug-likeness (QED) is 0.718. The lowest BCUT2D eigenvalue weighted by Crippen LogP contribution is -2.22. The van der Waals surface area contributed by atoms with Gasteiger partial charge in [0.2, 0.25) is 10.0 Å². The van der Waals surface area contributed by atoms with Gasteiger partial charge >= 0.3 is 0 Å². The van der Waals surface area contributed by atoms with Gasteiger partial charge in [0.1, 0.15) is 5.75 Å². The normalized spacial score (nSPS) is 11.4. The number of methoxy groups -OCH3 is 1. The Kier molecular flexibility index (Phi) is 5.60. The lowest BCUT2D eigenvalue weighted by molar-refractivity contribution is 0.417. The number of hydrogen-bond donors (Lipinski definition) is 2. The summed E-state index contributed by atoms with van der Waals surface area (Å²) >= 11 is 0. The summed E-state index contributed by atoms with van der Waals surface area (Å²) in [6.45, 7) is 0.168. The summed E-state index contributed by atoms with van der Waals surface area (Å²) in [5, 5.41) is -1.01. The van der Waals surface area contributed by atoms with Gasteiger partial charge in [-0.3, -0.25) is 4.72 Å². The summed E-state index contributed by atoms with van der Waals surface area (Å²) in [6, 6.07) is 4.61. The van der Waals surface area contributed by atoms with E-state index in [1.54, 1.807) is 6.07 Å². The first-order chi connectivity index (χ1) is 9.67. The number of hydrogen-bond acceptors (Lipinski definition) is 6. The smallest absolute Gasteiger partial charge is 0.247 e. The molecule has 1 aromatic carbocycles. The van der Waals surface area contributed by atoms with E-state index >= 15 is 0 Å². The predicted octanol–water partition coefficient (Wildman–Crippen LogP) is -0.251. The summed E-state index contributed by atoms with van der Waals surface area (Å²) in [5.74, 6) is 5.64. The Hall–Kier alpha value is -1.76. The van der Waals surface area contributed by atoms with Crippen LogP contribution in [-0.2, 0) is 19.9 Å². The van der Waals surface area contributed by atoms with E-state index in [2.05, 4.69) is 16.6 Å². The van der Waals surface area contributed by atoms with Crippen LogP contribution in [-0.4, -0.2) is 41.8 Å². The van der Waals surface area contributed by atoms with Crippen LogP contribution in [0.4, 0.5) is 5.69 Å². The molecule has 1 aromatic rings. The van der Waals surface area contributed by atoms with Gasteiger partial charge in [-0.15, -0.1) is 0 Å². The monoisotopic (exact) mass is 332 g/mol. The highest BCUT2D eigenvalue weighted by molar-refractivity contribution is 8.08. The van der Waals surface area contributed by atoms with Crippen molar-refractivity contribution in [1.82, 2.24) is 0 Å². The average molecular weight is 332 g/mol. The Morgan fingerprint density at radius 2 is 1.95 bits per heavy atom. The molecule has 0 spiro atoms. The Labute approximate surface area is 124 Å². The van der Waals surface area contributed by atoms with Crippen molar-refractivity contribution >= 4 is 25.5 Å². The number of nitrogens with one attached hydrogen (secondary N) is 1. The maximum absolute atomic E-state index is 11.8. The standard InChI is InChI=1S/C12H16N2O5S2/c1-19-12-6-5-10(4-3-7-13)8-11(12)14-21(17,18)9-20(2,15)16/h5-6,8,14H,7,9,13H2,1-2H3. The first-order valence-corrected chi connectivity index (χ1v) is 9.43. The molecule has 0 aliphatic rings. The summed E-state index contributed by atoms with van der Waals surface area (Å²) in [4.78, 5) is 0. The van der Waals surface area contributed by atoms with E-state index in [4.69, 9.17) is 10.5 Å². The fourth-order valence-electron chi connectivity index (χ4n) is 1.50. The molecule has 0 aliphatic carbocycles. The second-order valence-electron chi connectivity index (χ2n) is 4.18. The molecular weight excluding hydrogens is 316 g/mol. The van der Waals surface area contributed by atoms with Crippen LogP contribution in [0.2, 0.25) is 0 Å². The number of nitrogens with two attached hydrogens (primary N) is 1. The molecule has 7 nitrogen and oxygen atoms in total. The van der Waals surface area contributed by atoms with Crippen molar-refractivity contribution in [3.8, 4) is 17.6 Å². The molecular formula is C12H16N2O5S2. The lowest BCUT2D eigenvalue weighted by Gasteiger charge is -2.11. The zero-order chi connectivity index (χ0) is 16.1. The minimum absolute atomic E-state index is 0.116. The van der Waals surface area contributed by atoms with Crippen molar-refractivity contribution in [2.75, 3.05) is 29.7 Å². The van der Waals surface area contributed by atoms with Crippen molar-refractivity contribution in [2.24, 2.45) is 5.73 Å². The van der Waals surface area contributed by atoms with Gasteiger partial charge in [-0.25, -0.2) is 16.8 Å². The summed E-state index contributed by atoms with van der Waals surface area (Å²) in [5.41, 5.74) is 5.91. The highest BCUT2D eigenvalue weighted by Gasteiger charge is 2.19. The molecule has 0 saturated carbocycles. The first-order valence-electron chi connectivity index (χ1n) is 5.72. The molecule has 1 rings (SSSR count). The fraction of sp³-hybridized carbons (Fsp3) is 0.333. The minimum atomic E-state index is -4.05. The van der Waals surface area contributed by atoms with E-state index in [-0.39, 0.29) is 18.0 Å². The average Bonchev–Trinajstić information content (AvgIpc) is 2.33. The Morgan fingerprint density at radius 1 is 1.29 bits per heavy atom. The van der Waals surface area contributed by atoms with Gasteiger partial charge in [0.05, 0.1) is 19.3 Å². The Morgan fingerprint density at radius 3 is 2.48 bits per heavy atom. The Balaban J connectivity index is 3.16. The van der Waals surface area contributed by atoms with E-state index < -0.39 is 24.9 Å². The third-order valence-electron chi connectivity index (χ3n) is 2.17. The fourth-order valence-corrected chi connectivity index (χ4v) is 4.48. The SMILES string of the molecule is COc1ccc(C#CCN)cc1NS(=O)(=O)CS(C)(=O)=O. The van der Waals surface area contributed by atoms with Crippen molar-refractivity contribution in [2.45, 2.75) is 0 Å². The van der Waals surface area contributed by atoms with Gasteiger partial charge in [0.25, 0.3) is 0 Å². The lowest BCUT2D eigenvalue weighted by atomic mass is 10.2. The molecule has 3 N–H and O–H groups in total. The molecule has 21 heavy (non-hydrogen) atoms. The van der Waals surface area contributed by atoms with E-state index in [1.165, 1.54) is 19.2 Å². The second-order valence-corrected chi connectivity index (χ2v) is 8.41. The van der Waals surface area contributed by atoms with E-state index in [1.807, 2.05) is 0 Å². The van der Waals surface area contributed by atoms with Gasteiger partial charge in [-0.05, 0) is 18.2 Å². The highest BCUT2D eigenvalue weighted by Crippen LogP contribution is 2.26. The van der Waals surface area contributed by atoms with E-state index in [9.17, 15) is 16.8 Å². The van der Waals surface area contributed by atoms with Crippen molar-refractivity contribution < 1.29 is 21.6 Å². The Bertz CT molecular complexity index is 774. The number of benzene rings is 1. The first kappa shape index (κ1) is 17.3. The third kappa shape index (κ3) is 6.03. The largest absolute Gasteiger partial charge is 0.495 e. The van der Waals surface area contributed by atoms with Crippen LogP contribution in [0, 0.1) is 11.8 Å². The van der Waals surface area contributed by atoms with Crippen molar-refractivity contribution in [1.29, 1.82) is 0 Å². The molecule has 0 fully saturated rings. The maximum Gasteiger partial charge on any atom is 0.247 e. The second kappa shape index (κ2) is 6.80. The maximum atomic E-state index is 11.8. The van der Waals surface area contributed by atoms with Crippen LogP contribution in [0.15, 0.2) is 18.2 Å². The van der Waals surface area contributed by atoms with Gasteiger partial charge in [0.15, 0.2) is 14.9 Å². The van der Waals surface area contributed by atoms with E-state index in [0.29, 0.717) is 5.56 Å². The van der Waals surface area contributed by atoms with Crippen LogP contribution in [0.1, 0.15) is 5.56 Å². The zero-order valence-corrected chi connectivity index (χ0v) is 13.2. The minimum Gasteiger partial charge on any atom is -0.495 e. The number of sulfone groups is 1. The molecule has 0 aliphatic heterocycles. The topological polar surface area (TPSA) is 116 Å². The number of rotatable bonds is 5. The highest BCUT2D eigenvalue weighted by atomic mass is 32.3. The molecule has 0 unspecified atom stereocenters. The van der Waals surface area contributed by atoms with E-state index in [0.717, 1.165) is 6.26 Å². The third-order valence-corrected chi connectivity index (χ3v) is 5.65. The number of sulfonamides is 1. The molecule has 0 aromatic heterocycles. The van der Waals surface area contributed by atoms with Gasteiger partial charge in [0, 0.05) is 11.8 Å². The molecule has 116 valence electrons. The molecule has 0 radical (unpaired) electrons. The van der Waals surface area contributed by atoms with Crippen LogP contribution in [0.5, 0.6) is 5.75 Å². The number of anilines is 1. The summed E-state index contributed by atoms with van der Waals surface area (Å²) in [6.07, 6.45) is 0.840. The molecule has 0 bridgehead atoms. The summed E-state index contributed by atoms with van der Waals surface area (Å²) < 4.78 is 53.1. The molecule has 0 amide bonds. The van der Waals surface area contributed by atoms with Crippen molar-refractivity contribution in [3.05, 3.63) is 23.8 Å². The molecule has 0 atom stereocenters. The van der Waals surface area contributed by atoms with Gasteiger partial charge in [-0.2, -0.15) is 0 Å². The molecule has 0 saturated heterocycles. The van der Waals surface area contributed by atoms with Gasteiger partial charge < -0.3 is 10.5 Å². The number of ether oxygens (including phenoxy) is 1. The van der Waals surface area contributed by atoms with Crippen LogP contribution in [0.25, 0.3) is 0 Å². The summed E-state index contributed by atoms with van der Waals surface area (Å²) in [7, 11) is -6.36. The molecule has 0 heterocycles. The predicted molar refractivity (Wildman–Crippen MR) is 81.2 cm³/mol. The molecule has 9 heteroatoms. The van der Waals surface area contributed by atoms with Crippen LogP contribution >= 0.6 is 0 Å². The van der Waals surface area contributed by atoms with Crippen LogP contribution < -0.4 is 15.2 Å². The van der Waals surface area contributed by atoms with Gasteiger partial charge in [-0.1, -0.05) is 11.8 Å². The van der Waals surface area contributed by atoms with Crippen LogP contribution in [0.3, 0.4) is 0 Å².